The third-order valence-corrected chi connectivity index (χ3v) is 4.42. The van der Waals surface area contributed by atoms with Gasteiger partial charge in [0.25, 0.3) is 0 Å². The summed E-state index contributed by atoms with van der Waals surface area (Å²) in [6, 6.07) is 3.13. The number of nitrogens with zero attached hydrogens (tertiary/aromatic N) is 2. The maximum atomic E-state index is 6.19. The summed E-state index contributed by atoms with van der Waals surface area (Å²) in [5, 5.41) is 4.74. The highest BCUT2D eigenvalue weighted by molar-refractivity contribution is 5.02. The minimum Gasteiger partial charge on any atom is -0.327 e. The smallest absolute Gasteiger partial charge is 0.0640 e. The largest absolute Gasteiger partial charge is 0.327 e. The number of aromatic nitrogens is 2. The summed E-state index contributed by atoms with van der Waals surface area (Å²) >= 11 is 0. The first-order chi connectivity index (χ1) is 8.81. The van der Waals surface area contributed by atoms with E-state index >= 15 is 0 Å². The van der Waals surface area contributed by atoms with Gasteiger partial charge in [-0.05, 0) is 31.2 Å². The Hall–Kier alpha value is -0.830. The van der Waals surface area contributed by atoms with Crippen LogP contribution in [0.3, 0.4) is 0 Å². The van der Waals surface area contributed by atoms with Gasteiger partial charge in [-0.15, -0.1) is 0 Å². The van der Waals surface area contributed by atoms with Crippen LogP contribution in [0.5, 0.6) is 0 Å². The predicted octanol–water partition coefficient (Wildman–Crippen LogP) is 3.06. The van der Waals surface area contributed by atoms with Crippen molar-refractivity contribution in [3.8, 4) is 0 Å². The van der Waals surface area contributed by atoms with E-state index in [-0.39, 0.29) is 0 Å². The first kappa shape index (κ1) is 12.2. The van der Waals surface area contributed by atoms with Gasteiger partial charge in [-0.3, -0.25) is 4.68 Å². The molecule has 100 valence electrons. The van der Waals surface area contributed by atoms with Gasteiger partial charge < -0.3 is 5.73 Å². The van der Waals surface area contributed by atoms with Gasteiger partial charge in [-0.1, -0.05) is 32.1 Å². The van der Waals surface area contributed by atoms with E-state index in [4.69, 9.17) is 10.8 Å². The van der Waals surface area contributed by atoms with Crippen molar-refractivity contribution >= 4 is 0 Å². The lowest BCUT2D eigenvalue weighted by molar-refractivity contribution is 0.327. The zero-order valence-corrected chi connectivity index (χ0v) is 11.2. The molecule has 1 aromatic rings. The van der Waals surface area contributed by atoms with Crippen LogP contribution in [0.2, 0.25) is 0 Å². The predicted molar refractivity (Wildman–Crippen MR) is 73.4 cm³/mol. The van der Waals surface area contributed by atoms with Gasteiger partial charge in [0.15, 0.2) is 0 Å². The number of hydrogen-bond donors (Lipinski definition) is 1. The minimum absolute atomic E-state index is 0.312. The van der Waals surface area contributed by atoms with Gasteiger partial charge in [0, 0.05) is 18.7 Å². The molecule has 0 aliphatic heterocycles. The molecule has 2 N–H and O–H groups in total. The van der Waals surface area contributed by atoms with E-state index in [0.717, 1.165) is 12.3 Å². The fourth-order valence-corrected chi connectivity index (χ4v) is 3.17. The van der Waals surface area contributed by atoms with Crippen LogP contribution in [0.25, 0.3) is 0 Å². The fourth-order valence-electron chi connectivity index (χ4n) is 3.17. The van der Waals surface area contributed by atoms with Crippen molar-refractivity contribution < 1.29 is 0 Å². The second-order valence-electron chi connectivity index (χ2n) is 6.22. The summed E-state index contributed by atoms with van der Waals surface area (Å²) in [5.74, 6) is 0.917. The van der Waals surface area contributed by atoms with Crippen LogP contribution >= 0.6 is 0 Å². The Kier molecular flexibility index (Phi) is 3.69. The van der Waals surface area contributed by atoms with Gasteiger partial charge in [0.1, 0.15) is 0 Å². The molecule has 1 heterocycles. The van der Waals surface area contributed by atoms with E-state index in [9.17, 15) is 0 Å². The summed E-state index contributed by atoms with van der Waals surface area (Å²) in [6.45, 7) is 0. The molecule has 1 unspecified atom stereocenters. The molecule has 0 bridgehead atoms. The van der Waals surface area contributed by atoms with E-state index in [0.29, 0.717) is 12.1 Å². The standard InChI is InChI=1S/C15H25N3/c16-13(10-12-6-7-12)11-14-8-9-18(17-14)15-4-2-1-3-5-15/h8-9,12-13,15H,1-7,10-11,16H2. The van der Waals surface area contributed by atoms with E-state index in [2.05, 4.69) is 16.9 Å². The fraction of sp³-hybridized carbons (Fsp3) is 0.800. The molecule has 3 rings (SSSR count). The molecule has 0 saturated heterocycles. The summed E-state index contributed by atoms with van der Waals surface area (Å²) in [6.07, 6.45) is 13.8. The minimum atomic E-state index is 0.312. The van der Waals surface area contributed by atoms with Crippen molar-refractivity contribution in [1.29, 1.82) is 0 Å². The highest BCUT2D eigenvalue weighted by atomic mass is 15.3. The quantitative estimate of drug-likeness (QED) is 0.869. The topological polar surface area (TPSA) is 43.8 Å². The second-order valence-corrected chi connectivity index (χ2v) is 6.22. The van der Waals surface area contributed by atoms with Gasteiger partial charge in [0.2, 0.25) is 0 Å². The molecule has 0 radical (unpaired) electrons. The van der Waals surface area contributed by atoms with Crippen LogP contribution in [0.4, 0.5) is 0 Å². The van der Waals surface area contributed by atoms with Gasteiger partial charge in [-0.25, -0.2) is 0 Å². The first-order valence-corrected chi connectivity index (χ1v) is 7.61. The molecule has 2 aliphatic carbocycles. The van der Waals surface area contributed by atoms with Crippen LogP contribution in [0.15, 0.2) is 12.3 Å². The average molecular weight is 247 g/mol. The lowest BCUT2D eigenvalue weighted by Crippen LogP contribution is -2.24. The molecule has 3 nitrogen and oxygen atoms in total. The van der Waals surface area contributed by atoms with Gasteiger partial charge in [0.05, 0.1) is 11.7 Å². The lowest BCUT2D eigenvalue weighted by Gasteiger charge is -2.21. The maximum absolute atomic E-state index is 6.19. The summed E-state index contributed by atoms with van der Waals surface area (Å²) in [4.78, 5) is 0. The van der Waals surface area contributed by atoms with Gasteiger partial charge in [-0.2, -0.15) is 5.10 Å². The van der Waals surface area contributed by atoms with Crippen LogP contribution in [0.1, 0.15) is 63.1 Å². The van der Waals surface area contributed by atoms with E-state index in [1.807, 2.05) is 0 Å². The average Bonchev–Trinajstić information content (AvgIpc) is 3.06. The molecule has 3 heteroatoms. The Morgan fingerprint density at radius 2 is 2.00 bits per heavy atom. The molecule has 2 fully saturated rings. The van der Waals surface area contributed by atoms with Crippen molar-refractivity contribution in [3.05, 3.63) is 18.0 Å². The summed E-state index contributed by atoms with van der Waals surface area (Å²) in [7, 11) is 0. The lowest BCUT2D eigenvalue weighted by atomic mass is 9.96. The Morgan fingerprint density at radius 3 is 2.72 bits per heavy atom. The van der Waals surface area contributed by atoms with Crippen LogP contribution in [0, 0.1) is 5.92 Å². The molecular weight excluding hydrogens is 222 g/mol. The summed E-state index contributed by atoms with van der Waals surface area (Å²) in [5.41, 5.74) is 7.37. The molecule has 2 saturated carbocycles. The van der Waals surface area contributed by atoms with Crippen LogP contribution < -0.4 is 5.73 Å². The molecule has 1 aromatic heterocycles. The molecule has 1 atom stereocenters. The Balaban J connectivity index is 1.54. The monoisotopic (exact) mass is 247 g/mol. The third-order valence-electron chi connectivity index (χ3n) is 4.42. The third kappa shape index (κ3) is 3.14. The highest BCUT2D eigenvalue weighted by Gasteiger charge is 2.24. The normalized spacial score (nSPS) is 23.2. The molecular formula is C15H25N3. The van der Waals surface area contributed by atoms with Crippen molar-refractivity contribution in [1.82, 2.24) is 9.78 Å². The molecule has 18 heavy (non-hydrogen) atoms. The SMILES string of the molecule is NC(Cc1ccn(C2CCCCC2)n1)CC1CC1. The van der Waals surface area contributed by atoms with Crippen molar-refractivity contribution in [2.24, 2.45) is 11.7 Å². The zero-order chi connectivity index (χ0) is 12.4. The van der Waals surface area contributed by atoms with Crippen LogP contribution in [-0.4, -0.2) is 15.8 Å². The molecule has 2 aliphatic rings. The van der Waals surface area contributed by atoms with E-state index in [1.54, 1.807) is 0 Å². The number of nitrogens with two attached hydrogens (primary N) is 1. The Bertz CT molecular complexity index is 375. The summed E-state index contributed by atoms with van der Waals surface area (Å²) < 4.78 is 2.19. The van der Waals surface area contributed by atoms with E-state index in [1.165, 1.54) is 57.1 Å². The van der Waals surface area contributed by atoms with Crippen molar-refractivity contribution in [2.45, 2.75) is 69.9 Å². The maximum Gasteiger partial charge on any atom is 0.0640 e. The Labute approximate surface area is 110 Å². The van der Waals surface area contributed by atoms with Crippen molar-refractivity contribution in [2.75, 3.05) is 0 Å². The molecule has 0 spiro atoms. The molecule has 0 amide bonds. The first-order valence-electron chi connectivity index (χ1n) is 7.61. The number of rotatable bonds is 5. The Morgan fingerprint density at radius 1 is 1.22 bits per heavy atom. The highest BCUT2D eigenvalue weighted by Crippen LogP contribution is 2.33. The van der Waals surface area contributed by atoms with E-state index < -0.39 is 0 Å². The zero-order valence-electron chi connectivity index (χ0n) is 11.2. The van der Waals surface area contributed by atoms with Gasteiger partial charge >= 0.3 is 0 Å². The molecule has 0 aromatic carbocycles. The van der Waals surface area contributed by atoms with Crippen molar-refractivity contribution in [3.63, 3.8) is 0 Å². The second kappa shape index (κ2) is 5.43. The number of hydrogen-bond acceptors (Lipinski definition) is 2. The van der Waals surface area contributed by atoms with Crippen LogP contribution in [-0.2, 0) is 6.42 Å².